The first-order chi connectivity index (χ1) is 14.1. The lowest BCUT2D eigenvalue weighted by Crippen LogP contribution is -2.41. The molecule has 4 rings (SSSR count). The van der Waals surface area contributed by atoms with Crippen LogP contribution in [0.2, 0.25) is 0 Å². The van der Waals surface area contributed by atoms with E-state index in [2.05, 4.69) is 29.9 Å². The van der Waals surface area contributed by atoms with E-state index < -0.39 is 5.60 Å². The number of ether oxygens (including phenoxy) is 2. The number of nitrogens with zero attached hydrogens (tertiary/aromatic N) is 3. The summed E-state index contributed by atoms with van der Waals surface area (Å²) in [7, 11) is 0. The lowest BCUT2D eigenvalue weighted by Gasteiger charge is -2.34. The quantitative estimate of drug-likeness (QED) is 0.767. The van der Waals surface area contributed by atoms with Crippen molar-refractivity contribution in [1.29, 1.82) is 0 Å². The number of hydrogen-bond acceptors (Lipinski definition) is 5. The van der Waals surface area contributed by atoms with Crippen LogP contribution in [0, 0.1) is 0 Å². The van der Waals surface area contributed by atoms with Gasteiger partial charge in [0.25, 0.3) is 0 Å². The molecule has 2 aromatic heterocycles. The molecule has 2 fully saturated rings. The van der Waals surface area contributed by atoms with Crippen LogP contribution in [0.1, 0.15) is 83.5 Å². The van der Waals surface area contributed by atoms with E-state index >= 15 is 0 Å². The van der Waals surface area contributed by atoms with Crippen LogP contribution in [-0.2, 0) is 9.47 Å². The van der Waals surface area contributed by atoms with E-state index in [-0.39, 0.29) is 11.7 Å². The van der Waals surface area contributed by atoms with Crippen LogP contribution in [0.3, 0.4) is 0 Å². The third-order valence-electron chi connectivity index (χ3n) is 6.11. The number of nitrogens with one attached hydrogen (secondary N) is 1. The summed E-state index contributed by atoms with van der Waals surface area (Å²) in [5.41, 5.74) is 2.52. The molecule has 0 radical (unpaired) electrons. The summed E-state index contributed by atoms with van der Waals surface area (Å²) in [6.45, 7) is 12.2. The molecule has 2 aliphatic rings. The first-order valence-corrected chi connectivity index (χ1v) is 11.1. The standard InChI is InChI=1S/C23H34N4O3/c1-22(2,3)30-21(28)27-11-7-15(8-12-27)17-6-10-24-20-18(17)25-19(26-20)16-9-13-29-23(4,5)14-16/h6,10,15-16H,7-9,11-14H2,1-5H3,(H,24,25,26). The van der Waals surface area contributed by atoms with Crippen LogP contribution < -0.4 is 0 Å². The lowest BCUT2D eigenvalue weighted by molar-refractivity contribution is -0.0602. The summed E-state index contributed by atoms with van der Waals surface area (Å²) in [5.74, 6) is 1.77. The molecule has 7 nitrogen and oxygen atoms in total. The van der Waals surface area contributed by atoms with Crippen molar-refractivity contribution < 1.29 is 14.3 Å². The zero-order valence-corrected chi connectivity index (χ0v) is 18.8. The second kappa shape index (κ2) is 7.84. The number of carbonyl (C=O) groups excluding carboxylic acids is 1. The predicted molar refractivity (Wildman–Crippen MR) is 116 cm³/mol. The number of H-pyrrole nitrogens is 1. The van der Waals surface area contributed by atoms with E-state index in [1.54, 1.807) is 0 Å². The summed E-state index contributed by atoms with van der Waals surface area (Å²) in [4.78, 5) is 27.1. The summed E-state index contributed by atoms with van der Waals surface area (Å²) in [6.07, 6.45) is 5.40. The molecule has 30 heavy (non-hydrogen) atoms. The van der Waals surface area contributed by atoms with E-state index in [1.807, 2.05) is 31.9 Å². The van der Waals surface area contributed by atoms with Crippen molar-refractivity contribution in [2.75, 3.05) is 19.7 Å². The Kier molecular flexibility index (Phi) is 5.51. The third kappa shape index (κ3) is 4.61. The second-order valence-corrected chi connectivity index (χ2v) is 10.3. The fourth-order valence-corrected chi connectivity index (χ4v) is 4.65. The molecule has 7 heteroatoms. The minimum atomic E-state index is -0.462. The number of fused-ring (bicyclic) bond motifs is 1. The maximum Gasteiger partial charge on any atom is 0.410 e. The molecule has 0 aromatic carbocycles. The maximum atomic E-state index is 12.4. The van der Waals surface area contributed by atoms with Crippen molar-refractivity contribution in [3.63, 3.8) is 0 Å². The topological polar surface area (TPSA) is 80.3 Å². The van der Waals surface area contributed by atoms with E-state index in [1.165, 1.54) is 5.56 Å². The molecule has 4 heterocycles. The van der Waals surface area contributed by atoms with Crippen molar-refractivity contribution in [1.82, 2.24) is 19.9 Å². The summed E-state index contributed by atoms with van der Waals surface area (Å²) >= 11 is 0. The molecule has 1 N–H and O–H groups in total. The number of amides is 1. The van der Waals surface area contributed by atoms with Crippen molar-refractivity contribution in [3.05, 3.63) is 23.7 Å². The number of aromatic amines is 1. The highest BCUT2D eigenvalue weighted by Gasteiger charge is 2.32. The number of rotatable bonds is 2. The molecule has 0 aliphatic carbocycles. The van der Waals surface area contributed by atoms with Crippen LogP contribution in [0.5, 0.6) is 0 Å². The minimum Gasteiger partial charge on any atom is -0.444 e. The summed E-state index contributed by atoms with van der Waals surface area (Å²) in [5, 5.41) is 0. The smallest absolute Gasteiger partial charge is 0.410 e. The molecule has 1 unspecified atom stereocenters. The number of likely N-dealkylation sites (tertiary alicyclic amines) is 1. The zero-order valence-electron chi connectivity index (χ0n) is 18.8. The Bertz CT molecular complexity index is 907. The molecule has 0 saturated carbocycles. The van der Waals surface area contributed by atoms with Gasteiger partial charge in [-0.05, 0) is 77.8 Å². The van der Waals surface area contributed by atoms with Crippen molar-refractivity contribution in [2.45, 2.75) is 83.3 Å². The molecule has 2 aromatic rings. The van der Waals surface area contributed by atoms with Gasteiger partial charge in [0.05, 0.1) is 11.1 Å². The van der Waals surface area contributed by atoms with Gasteiger partial charge in [-0.2, -0.15) is 0 Å². The predicted octanol–water partition coefficient (Wildman–Crippen LogP) is 4.75. The zero-order chi connectivity index (χ0) is 21.5. The molecular weight excluding hydrogens is 380 g/mol. The molecule has 1 atom stereocenters. The van der Waals surface area contributed by atoms with Gasteiger partial charge in [0, 0.05) is 31.8 Å². The Morgan fingerprint density at radius 2 is 1.97 bits per heavy atom. The third-order valence-corrected chi connectivity index (χ3v) is 6.11. The monoisotopic (exact) mass is 414 g/mol. The number of aromatic nitrogens is 3. The molecule has 2 aliphatic heterocycles. The van der Waals surface area contributed by atoms with Gasteiger partial charge in [-0.25, -0.2) is 14.8 Å². The highest BCUT2D eigenvalue weighted by Crippen LogP contribution is 2.37. The molecule has 2 saturated heterocycles. The first-order valence-electron chi connectivity index (χ1n) is 11.1. The van der Waals surface area contributed by atoms with E-state index in [0.29, 0.717) is 24.9 Å². The highest BCUT2D eigenvalue weighted by molar-refractivity contribution is 5.75. The Morgan fingerprint density at radius 3 is 2.63 bits per heavy atom. The van der Waals surface area contributed by atoms with Crippen molar-refractivity contribution in [3.8, 4) is 0 Å². The maximum absolute atomic E-state index is 12.4. The van der Waals surface area contributed by atoms with Crippen molar-refractivity contribution in [2.24, 2.45) is 0 Å². The average Bonchev–Trinajstić information content (AvgIpc) is 3.10. The summed E-state index contributed by atoms with van der Waals surface area (Å²) < 4.78 is 11.4. The Morgan fingerprint density at radius 1 is 1.23 bits per heavy atom. The van der Waals surface area contributed by atoms with Gasteiger partial charge in [0.1, 0.15) is 11.4 Å². The molecule has 0 bridgehead atoms. The largest absolute Gasteiger partial charge is 0.444 e. The van der Waals surface area contributed by atoms with E-state index in [4.69, 9.17) is 14.5 Å². The van der Waals surface area contributed by atoms with Gasteiger partial charge >= 0.3 is 6.09 Å². The fourth-order valence-electron chi connectivity index (χ4n) is 4.65. The second-order valence-electron chi connectivity index (χ2n) is 10.3. The van der Waals surface area contributed by atoms with Gasteiger partial charge in [0.15, 0.2) is 5.65 Å². The van der Waals surface area contributed by atoms with E-state index in [0.717, 1.165) is 49.3 Å². The highest BCUT2D eigenvalue weighted by atomic mass is 16.6. The Labute approximate surface area is 178 Å². The minimum absolute atomic E-state index is 0.118. The normalized spacial score (nSPS) is 23.0. The Hall–Kier alpha value is -2.15. The average molecular weight is 415 g/mol. The van der Waals surface area contributed by atoms with Crippen LogP contribution in [0.4, 0.5) is 4.79 Å². The number of pyridine rings is 1. The summed E-state index contributed by atoms with van der Waals surface area (Å²) in [6, 6.07) is 2.10. The van der Waals surface area contributed by atoms with Gasteiger partial charge < -0.3 is 19.4 Å². The van der Waals surface area contributed by atoms with Crippen LogP contribution in [0.25, 0.3) is 11.2 Å². The van der Waals surface area contributed by atoms with E-state index in [9.17, 15) is 4.79 Å². The number of hydrogen-bond donors (Lipinski definition) is 1. The SMILES string of the molecule is CC(C)(C)OC(=O)N1CCC(c2ccnc3nc(C4CCOC(C)(C)C4)[nH]c23)CC1. The van der Waals surface area contributed by atoms with Crippen LogP contribution in [0.15, 0.2) is 12.3 Å². The lowest BCUT2D eigenvalue weighted by atomic mass is 9.88. The Balaban J connectivity index is 1.49. The van der Waals surface area contributed by atoms with Gasteiger partial charge in [0.2, 0.25) is 0 Å². The van der Waals surface area contributed by atoms with Gasteiger partial charge in [-0.3, -0.25) is 0 Å². The van der Waals surface area contributed by atoms with Gasteiger partial charge in [-0.1, -0.05) is 0 Å². The van der Waals surface area contributed by atoms with Crippen LogP contribution >= 0.6 is 0 Å². The first kappa shape index (κ1) is 21.1. The number of carbonyl (C=O) groups is 1. The number of imidazole rings is 1. The molecular formula is C23H34N4O3. The fraction of sp³-hybridized carbons (Fsp3) is 0.696. The molecule has 1 amide bonds. The molecule has 0 spiro atoms. The van der Waals surface area contributed by atoms with Gasteiger partial charge in [-0.15, -0.1) is 0 Å². The number of piperidine rings is 1. The van der Waals surface area contributed by atoms with Crippen molar-refractivity contribution >= 4 is 17.3 Å². The molecule has 164 valence electrons. The van der Waals surface area contributed by atoms with Crippen LogP contribution in [-0.4, -0.2) is 56.8 Å².